The summed E-state index contributed by atoms with van der Waals surface area (Å²) >= 11 is 0. The van der Waals surface area contributed by atoms with Gasteiger partial charge in [0.2, 0.25) is 0 Å². The van der Waals surface area contributed by atoms with Crippen LogP contribution in [0.2, 0.25) is 0 Å². The van der Waals surface area contributed by atoms with Crippen LogP contribution in [-0.2, 0) is 17.9 Å². The fourth-order valence-corrected chi connectivity index (χ4v) is 2.76. The van der Waals surface area contributed by atoms with Gasteiger partial charge in [0.1, 0.15) is 12.4 Å². The topological polar surface area (TPSA) is 58.6 Å². The van der Waals surface area contributed by atoms with E-state index in [-0.39, 0.29) is 6.42 Å². The number of carboxylic acid groups (broad SMARTS) is 1. The number of benzene rings is 2. The molecule has 0 fully saturated rings. The number of carboxylic acids is 1. The quantitative estimate of drug-likeness (QED) is 0.725. The standard InChI is InChI=1S/C20H25NO3/c1-14-5-4-6-17(9-14)13-24-20-15(2)10-18(11-16(20)3)12-21-8-7-19(22)23/h4-6,9-11,21H,7-8,12-13H2,1-3H3,(H,22,23). The van der Waals surface area contributed by atoms with Crippen LogP contribution in [0.15, 0.2) is 36.4 Å². The van der Waals surface area contributed by atoms with Crippen LogP contribution in [0.4, 0.5) is 0 Å². The molecule has 2 N–H and O–H groups in total. The number of nitrogens with one attached hydrogen (secondary N) is 1. The first-order valence-electron chi connectivity index (χ1n) is 8.16. The van der Waals surface area contributed by atoms with Gasteiger partial charge in [0.05, 0.1) is 6.42 Å². The first-order chi connectivity index (χ1) is 11.5. The third kappa shape index (κ3) is 5.39. The van der Waals surface area contributed by atoms with Crippen LogP contribution in [0.3, 0.4) is 0 Å². The van der Waals surface area contributed by atoms with Gasteiger partial charge >= 0.3 is 5.97 Å². The molecule has 0 amide bonds. The van der Waals surface area contributed by atoms with Crippen molar-refractivity contribution in [1.82, 2.24) is 5.32 Å². The molecule has 0 atom stereocenters. The van der Waals surface area contributed by atoms with E-state index in [2.05, 4.69) is 42.6 Å². The Balaban J connectivity index is 1.97. The van der Waals surface area contributed by atoms with Crippen molar-refractivity contribution >= 4 is 5.97 Å². The minimum Gasteiger partial charge on any atom is -0.488 e. The van der Waals surface area contributed by atoms with Gasteiger partial charge in [-0.3, -0.25) is 4.79 Å². The van der Waals surface area contributed by atoms with Crippen molar-refractivity contribution in [3.05, 3.63) is 64.2 Å². The molecular weight excluding hydrogens is 302 g/mol. The third-order valence-electron chi connectivity index (χ3n) is 3.83. The zero-order chi connectivity index (χ0) is 17.5. The largest absolute Gasteiger partial charge is 0.488 e. The smallest absolute Gasteiger partial charge is 0.304 e. The van der Waals surface area contributed by atoms with Crippen LogP contribution in [0.25, 0.3) is 0 Å². The molecule has 4 heteroatoms. The second kappa shape index (κ2) is 8.50. The van der Waals surface area contributed by atoms with E-state index in [1.54, 1.807) is 0 Å². The lowest BCUT2D eigenvalue weighted by Crippen LogP contribution is -2.17. The summed E-state index contributed by atoms with van der Waals surface area (Å²) in [5, 5.41) is 11.8. The highest BCUT2D eigenvalue weighted by Gasteiger charge is 2.07. The van der Waals surface area contributed by atoms with E-state index in [0.717, 1.165) is 28.0 Å². The minimum atomic E-state index is -0.783. The van der Waals surface area contributed by atoms with E-state index in [0.29, 0.717) is 19.7 Å². The molecule has 2 aromatic carbocycles. The molecule has 2 aromatic rings. The van der Waals surface area contributed by atoms with Crippen molar-refractivity contribution in [1.29, 1.82) is 0 Å². The lowest BCUT2D eigenvalue weighted by molar-refractivity contribution is -0.136. The molecule has 0 radical (unpaired) electrons. The van der Waals surface area contributed by atoms with E-state index in [1.165, 1.54) is 5.56 Å². The van der Waals surface area contributed by atoms with Crippen LogP contribution >= 0.6 is 0 Å². The summed E-state index contributed by atoms with van der Waals surface area (Å²) in [5.41, 5.74) is 5.72. The van der Waals surface area contributed by atoms with Crippen molar-refractivity contribution in [3.8, 4) is 5.75 Å². The summed E-state index contributed by atoms with van der Waals surface area (Å²) in [6.07, 6.45) is 0.135. The van der Waals surface area contributed by atoms with Crippen LogP contribution in [-0.4, -0.2) is 17.6 Å². The predicted molar refractivity (Wildman–Crippen MR) is 95.4 cm³/mol. The number of rotatable bonds is 8. The molecule has 0 heterocycles. The molecular formula is C20H25NO3. The normalized spacial score (nSPS) is 10.6. The van der Waals surface area contributed by atoms with E-state index in [1.807, 2.05) is 19.9 Å². The van der Waals surface area contributed by atoms with Gasteiger partial charge in [-0.05, 0) is 43.0 Å². The number of aliphatic carboxylic acids is 1. The summed E-state index contributed by atoms with van der Waals surface area (Å²) in [7, 11) is 0. The van der Waals surface area contributed by atoms with Crippen molar-refractivity contribution < 1.29 is 14.6 Å². The molecule has 0 aromatic heterocycles. The Morgan fingerprint density at radius 2 is 1.79 bits per heavy atom. The van der Waals surface area contributed by atoms with Crippen molar-refractivity contribution in [2.24, 2.45) is 0 Å². The average Bonchev–Trinajstić information content (AvgIpc) is 2.50. The Morgan fingerprint density at radius 3 is 2.42 bits per heavy atom. The molecule has 4 nitrogen and oxygen atoms in total. The van der Waals surface area contributed by atoms with Crippen LogP contribution in [0.1, 0.15) is 34.2 Å². The monoisotopic (exact) mass is 327 g/mol. The lowest BCUT2D eigenvalue weighted by Gasteiger charge is -2.15. The second-order valence-corrected chi connectivity index (χ2v) is 6.16. The molecule has 0 aliphatic rings. The summed E-state index contributed by atoms with van der Waals surface area (Å²) < 4.78 is 6.02. The number of hydrogen-bond donors (Lipinski definition) is 2. The maximum absolute atomic E-state index is 10.5. The molecule has 24 heavy (non-hydrogen) atoms. The first-order valence-corrected chi connectivity index (χ1v) is 8.16. The van der Waals surface area contributed by atoms with Gasteiger partial charge in [-0.15, -0.1) is 0 Å². The highest BCUT2D eigenvalue weighted by Crippen LogP contribution is 2.26. The first kappa shape index (κ1) is 18.0. The zero-order valence-electron chi connectivity index (χ0n) is 14.6. The van der Waals surface area contributed by atoms with Gasteiger partial charge < -0.3 is 15.2 Å². The molecule has 0 unspecified atom stereocenters. The van der Waals surface area contributed by atoms with Crippen LogP contribution in [0.5, 0.6) is 5.75 Å². The summed E-state index contributed by atoms with van der Waals surface area (Å²) in [6, 6.07) is 12.5. The Kier molecular flexibility index (Phi) is 6.38. The molecule has 0 saturated heterocycles. The number of ether oxygens (including phenoxy) is 1. The number of carbonyl (C=O) groups is 1. The maximum Gasteiger partial charge on any atom is 0.304 e. The highest BCUT2D eigenvalue weighted by molar-refractivity contribution is 5.66. The minimum absolute atomic E-state index is 0.135. The number of aryl methyl sites for hydroxylation is 3. The van der Waals surface area contributed by atoms with Gasteiger partial charge in [-0.25, -0.2) is 0 Å². The zero-order valence-corrected chi connectivity index (χ0v) is 14.6. The average molecular weight is 327 g/mol. The summed E-state index contributed by atoms with van der Waals surface area (Å²) in [5.74, 6) is 0.139. The van der Waals surface area contributed by atoms with Crippen LogP contribution in [0, 0.1) is 20.8 Å². The number of hydrogen-bond acceptors (Lipinski definition) is 3. The van der Waals surface area contributed by atoms with Gasteiger partial charge in [-0.1, -0.05) is 42.0 Å². The fourth-order valence-electron chi connectivity index (χ4n) is 2.76. The van der Waals surface area contributed by atoms with Gasteiger partial charge in [0.15, 0.2) is 0 Å². The van der Waals surface area contributed by atoms with Crippen LogP contribution < -0.4 is 10.1 Å². The predicted octanol–water partition coefficient (Wildman–Crippen LogP) is 3.76. The molecule has 0 aliphatic carbocycles. The molecule has 0 spiro atoms. The van der Waals surface area contributed by atoms with E-state index in [9.17, 15) is 4.79 Å². The molecule has 0 aliphatic heterocycles. The van der Waals surface area contributed by atoms with Gasteiger partial charge in [0, 0.05) is 13.1 Å². The van der Waals surface area contributed by atoms with Gasteiger partial charge in [-0.2, -0.15) is 0 Å². The summed E-state index contributed by atoms with van der Waals surface area (Å²) in [4.78, 5) is 10.5. The van der Waals surface area contributed by atoms with Crippen molar-refractivity contribution in [2.45, 2.75) is 40.3 Å². The Morgan fingerprint density at radius 1 is 1.08 bits per heavy atom. The maximum atomic E-state index is 10.5. The van der Waals surface area contributed by atoms with Crippen molar-refractivity contribution in [3.63, 3.8) is 0 Å². The highest BCUT2D eigenvalue weighted by atomic mass is 16.5. The fraction of sp³-hybridized carbons (Fsp3) is 0.350. The van der Waals surface area contributed by atoms with Crippen molar-refractivity contribution in [2.75, 3.05) is 6.54 Å². The Labute approximate surface area is 143 Å². The van der Waals surface area contributed by atoms with E-state index in [4.69, 9.17) is 9.84 Å². The lowest BCUT2D eigenvalue weighted by atomic mass is 10.1. The Hall–Kier alpha value is -2.33. The second-order valence-electron chi connectivity index (χ2n) is 6.16. The molecule has 128 valence electrons. The van der Waals surface area contributed by atoms with E-state index < -0.39 is 5.97 Å². The third-order valence-corrected chi connectivity index (χ3v) is 3.83. The van der Waals surface area contributed by atoms with E-state index >= 15 is 0 Å². The molecule has 0 saturated carbocycles. The van der Waals surface area contributed by atoms with Gasteiger partial charge in [0.25, 0.3) is 0 Å². The Bertz CT molecular complexity index is 687. The SMILES string of the molecule is Cc1cccc(COc2c(C)cc(CNCCC(=O)O)cc2C)c1. The summed E-state index contributed by atoms with van der Waals surface area (Å²) in [6.45, 7) is 7.84. The molecule has 0 bridgehead atoms. The molecule has 2 rings (SSSR count).